The molecule has 0 aliphatic heterocycles. The molecule has 0 atom stereocenters. The third-order valence-corrected chi connectivity index (χ3v) is 2.58. The first-order chi connectivity index (χ1) is 8.56. The topological polar surface area (TPSA) is 67.8 Å². The number of anilines is 1. The van der Waals surface area contributed by atoms with Gasteiger partial charge in [-0.2, -0.15) is 0 Å². The Balaban J connectivity index is 2.18. The van der Waals surface area contributed by atoms with Gasteiger partial charge in [-0.1, -0.05) is 23.2 Å². The zero-order valence-electron chi connectivity index (χ0n) is 9.32. The van der Waals surface area contributed by atoms with Gasteiger partial charge in [-0.25, -0.2) is 4.98 Å². The van der Waals surface area contributed by atoms with E-state index in [2.05, 4.69) is 20.5 Å². The highest BCUT2D eigenvalue weighted by Gasteiger charge is 2.10. The van der Waals surface area contributed by atoms with Crippen molar-refractivity contribution in [3.05, 3.63) is 46.0 Å². The van der Waals surface area contributed by atoms with E-state index in [1.165, 1.54) is 12.1 Å². The highest BCUT2D eigenvalue weighted by atomic mass is 35.5. The molecule has 0 aromatic carbocycles. The van der Waals surface area contributed by atoms with E-state index >= 15 is 0 Å². The van der Waals surface area contributed by atoms with Crippen LogP contribution in [0.15, 0.2) is 24.3 Å². The van der Waals surface area contributed by atoms with Crippen LogP contribution in [-0.4, -0.2) is 21.1 Å². The van der Waals surface area contributed by atoms with Crippen molar-refractivity contribution >= 4 is 34.8 Å². The van der Waals surface area contributed by atoms with Gasteiger partial charge < -0.3 is 5.32 Å². The van der Waals surface area contributed by atoms with Gasteiger partial charge in [0.15, 0.2) is 10.8 Å². The van der Waals surface area contributed by atoms with Gasteiger partial charge in [0.1, 0.15) is 5.15 Å². The second-order valence-corrected chi connectivity index (χ2v) is 4.24. The number of aryl methyl sites for hydroxylation is 1. The fourth-order valence-electron chi connectivity index (χ4n) is 1.29. The summed E-state index contributed by atoms with van der Waals surface area (Å²) in [6.07, 6.45) is 0. The second kappa shape index (κ2) is 5.29. The van der Waals surface area contributed by atoms with Crippen LogP contribution in [0.4, 0.5) is 5.69 Å². The first kappa shape index (κ1) is 12.7. The molecular formula is C11H8Cl2N4O. The molecule has 0 saturated carbocycles. The molecule has 0 saturated heterocycles. The smallest absolute Gasteiger partial charge is 0.276 e. The van der Waals surface area contributed by atoms with Crippen molar-refractivity contribution in [3.63, 3.8) is 0 Å². The molecular weight excluding hydrogens is 275 g/mol. The van der Waals surface area contributed by atoms with Gasteiger partial charge in [0, 0.05) is 0 Å². The number of rotatable bonds is 2. The SMILES string of the molecule is Cc1nc(Cl)ccc1NC(=O)c1ccc(Cl)nn1. The normalized spacial score (nSPS) is 10.2. The maximum absolute atomic E-state index is 11.8. The number of hydrogen-bond donors (Lipinski definition) is 1. The first-order valence-corrected chi connectivity index (χ1v) is 5.75. The van der Waals surface area contributed by atoms with Crippen molar-refractivity contribution in [3.8, 4) is 0 Å². The average molecular weight is 283 g/mol. The summed E-state index contributed by atoms with van der Waals surface area (Å²) < 4.78 is 0. The molecule has 18 heavy (non-hydrogen) atoms. The van der Waals surface area contributed by atoms with Crippen LogP contribution in [0.2, 0.25) is 10.3 Å². The number of nitrogens with one attached hydrogen (secondary N) is 1. The van der Waals surface area contributed by atoms with E-state index in [1.807, 2.05) is 0 Å². The minimum atomic E-state index is -0.383. The Morgan fingerprint density at radius 1 is 1.11 bits per heavy atom. The molecule has 0 spiro atoms. The molecule has 2 aromatic rings. The van der Waals surface area contributed by atoms with Crippen LogP contribution in [-0.2, 0) is 0 Å². The summed E-state index contributed by atoms with van der Waals surface area (Å²) in [4.78, 5) is 15.9. The molecule has 0 unspecified atom stereocenters. The van der Waals surface area contributed by atoms with Gasteiger partial charge in [0.05, 0.1) is 11.4 Å². The molecule has 0 radical (unpaired) electrons. The van der Waals surface area contributed by atoms with Crippen LogP contribution in [0.3, 0.4) is 0 Å². The van der Waals surface area contributed by atoms with Gasteiger partial charge in [-0.3, -0.25) is 4.79 Å². The summed E-state index contributed by atoms with van der Waals surface area (Å²) in [5.74, 6) is -0.383. The summed E-state index contributed by atoms with van der Waals surface area (Å²) in [5, 5.41) is 10.5. The number of carbonyl (C=O) groups excluding carboxylic acids is 1. The highest BCUT2D eigenvalue weighted by Crippen LogP contribution is 2.16. The van der Waals surface area contributed by atoms with Gasteiger partial charge in [0.2, 0.25) is 0 Å². The predicted molar refractivity (Wildman–Crippen MR) is 69.0 cm³/mol. The van der Waals surface area contributed by atoms with E-state index in [9.17, 15) is 4.79 Å². The lowest BCUT2D eigenvalue weighted by molar-refractivity contribution is 0.102. The number of amides is 1. The highest BCUT2D eigenvalue weighted by molar-refractivity contribution is 6.29. The van der Waals surface area contributed by atoms with Gasteiger partial charge in [0.25, 0.3) is 5.91 Å². The van der Waals surface area contributed by atoms with Crippen LogP contribution >= 0.6 is 23.2 Å². The maximum atomic E-state index is 11.8. The minimum Gasteiger partial charge on any atom is -0.319 e. The minimum absolute atomic E-state index is 0.175. The quantitative estimate of drug-likeness (QED) is 0.860. The lowest BCUT2D eigenvalue weighted by Crippen LogP contribution is -2.15. The van der Waals surface area contributed by atoms with E-state index in [1.54, 1.807) is 19.1 Å². The fourth-order valence-corrected chi connectivity index (χ4v) is 1.58. The number of halogens is 2. The number of aromatic nitrogens is 3. The van der Waals surface area contributed by atoms with Gasteiger partial charge >= 0.3 is 0 Å². The predicted octanol–water partition coefficient (Wildman–Crippen LogP) is 2.74. The van der Waals surface area contributed by atoms with Crippen molar-refractivity contribution in [1.82, 2.24) is 15.2 Å². The van der Waals surface area contributed by atoms with Crippen LogP contribution in [0.5, 0.6) is 0 Å². The van der Waals surface area contributed by atoms with Gasteiger partial charge in [-0.15, -0.1) is 10.2 Å². The molecule has 0 fully saturated rings. The zero-order valence-corrected chi connectivity index (χ0v) is 10.8. The molecule has 2 aromatic heterocycles. The molecule has 2 rings (SSSR count). The summed E-state index contributed by atoms with van der Waals surface area (Å²) in [5.41, 5.74) is 1.37. The van der Waals surface area contributed by atoms with E-state index in [0.717, 1.165) is 0 Å². The molecule has 0 aliphatic rings. The second-order valence-electron chi connectivity index (χ2n) is 3.46. The Hall–Kier alpha value is -1.72. The summed E-state index contributed by atoms with van der Waals surface area (Å²) >= 11 is 11.3. The molecule has 0 bridgehead atoms. The Kier molecular flexibility index (Phi) is 3.74. The summed E-state index contributed by atoms with van der Waals surface area (Å²) in [7, 11) is 0. The summed E-state index contributed by atoms with van der Waals surface area (Å²) in [6, 6.07) is 6.25. The molecule has 7 heteroatoms. The number of carbonyl (C=O) groups is 1. The van der Waals surface area contributed by atoms with E-state index in [0.29, 0.717) is 16.5 Å². The Bertz CT molecular complexity index is 586. The molecule has 0 aliphatic carbocycles. The average Bonchev–Trinajstić information content (AvgIpc) is 2.33. The Morgan fingerprint density at radius 3 is 2.44 bits per heavy atom. The lowest BCUT2D eigenvalue weighted by Gasteiger charge is -2.06. The van der Waals surface area contributed by atoms with Crippen LogP contribution in [0.1, 0.15) is 16.2 Å². The maximum Gasteiger partial charge on any atom is 0.276 e. The van der Waals surface area contributed by atoms with Crippen LogP contribution in [0.25, 0.3) is 0 Å². The number of pyridine rings is 1. The number of nitrogens with zero attached hydrogens (tertiary/aromatic N) is 3. The summed E-state index contributed by atoms with van der Waals surface area (Å²) in [6.45, 7) is 1.75. The van der Waals surface area contributed by atoms with Crippen LogP contribution in [0, 0.1) is 6.92 Å². The fraction of sp³-hybridized carbons (Fsp3) is 0.0909. The zero-order chi connectivity index (χ0) is 13.1. The van der Waals surface area contributed by atoms with Crippen molar-refractivity contribution in [2.24, 2.45) is 0 Å². The Morgan fingerprint density at radius 2 is 1.83 bits per heavy atom. The molecule has 92 valence electrons. The van der Waals surface area contributed by atoms with Crippen molar-refractivity contribution in [1.29, 1.82) is 0 Å². The van der Waals surface area contributed by atoms with E-state index < -0.39 is 0 Å². The molecule has 1 N–H and O–H groups in total. The monoisotopic (exact) mass is 282 g/mol. The molecule has 5 nitrogen and oxygen atoms in total. The molecule has 2 heterocycles. The number of hydrogen-bond acceptors (Lipinski definition) is 4. The Labute approximate surface area is 113 Å². The third kappa shape index (κ3) is 2.94. The van der Waals surface area contributed by atoms with Crippen molar-refractivity contribution in [2.45, 2.75) is 6.92 Å². The van der Waals surface area contributed by atoms with E-state index in [4.69, 9.17) is 23.2 Å². The molecule has 1 amide bonds. The standard InChI is InChI=1S/C11H8Cl2N4O/c1-6-7(2-4-9(12)14-6)15-11(18)8-3-5-10(13)17-16-8/h2-5H,1H3,(H,15,18). The third-order valence-electron chi connectivity index (χ3n) is 2.16. The van der Waals surface area contributed by atoms with Gasteiger partial charge in [-0.05, 0) is 31.2 Å². The van der Waals surface area contributed by atoms with Crippen LogP contribution < -0.4 is 5.32 Å². The van der Waals surface area contributed by atoms with E-state index in [-0.39, 0.29) is 16.8 Å². The largest absolute Gasteiger partial charge is 0.319 e. The first-order valence-electron chi connectivity index (χ1n) is 5.00. The van der Waals surface area contributed by atoms with Crippen molar-refractivity contribution in [2.75, 3.05) is 5.32 Å². The lowest BCUT2D eigenvalue weighted by atomic mass is 10.3. The van der Waals surface area contributed by atoms with Crippen molar-refractivity contribution < 1.29 is 4.79 Å².